The summed E-state index contributed by atoms with van der Waals surface area (Å²) < 4.78 is 10.4. The van der Waals surface area contributed by atoms with Crippen molar-refractivity contribution in [1.82, 2.24) is 0 Å². The van der Waals surface area contributed by atoms with Crippen LogP contribution in [0.15, 0.2) is 42.5 Å². The Morgan fingerprint density at radius 1 is 1.09 bits per heavy atom. The first-order valence-electron chi connectivity index (χ1n) is 7.33. The van der Waals surface area contributed by atoms with E-state index in [9.17, 15) is 9.59 Å². The van der Waals surface area contributed by atoms with Gasteiger partial charge in [0.1, 0.15) is 0 Å². The van der Waals surface area contributed by atoms with Crippen LogP contribution in [-0.2, 0) is 4.74 Å². The Bertz CT molecular complexity index is 710. The van der Waals surface area contributed by atoms with Crippen molar-refractivity contribution in [2.45, 2.75) is 20.8 Å². The third kappa shape index (κ3) is 4.32. The van der Waals surface area contributed by atoms with Gasteiger partial charge in [0.15, 0.2) is 5.75 Å². The summed E-state index contributed by atoms with van der Waals surface area (Å²) in [5, 5.41) is 2.61. The summed E-state index contributed by atoms with van der Waals surface area (Å²) in [6.45, 7) is 5.69. The zero-order chi connectivity index (χ0) is 16.8. The van der Waals surface area contributed by atoms with E-state index in [2.05, 4.69) is 5.32 Å². The van der Waals surface area contributed by atoms with Crippen molar-refractivity contribution in [2.75, 3.05) is 11.9 Å². The fraction of sp³-hybridized carbons (Fsp3) is 0.222. The Kier molecular flexibility index (Phi) is 5.36. The molecule has 0 fully saturated rings. The van der Waals surface area contributed by atoms with E-state index >= 15 is 0 Å². The Morgan fingerprint density at radius 2 is 1.78 bits per heavy atom. The van der Waals surface area contributed by atoms with Gasteiger partial charge in [-0.05, 0) is 50.1 Å². The molecule has 23 heavy (non-hydrogen) atoms. The van der Waals surface area contributed by atoms with Gasteiger partial charge in [0, 0.05) is 0 Å². The van der Waals surface area contributed by atoms with Crippen molar-refractivity contribution in [3.05, 3.63) is 59.2 Å². The molecule has 0 aliphatic carbocycles. The second kappa shape index (κ2) is 7.45. The minimum absolute atomic E-state index is 0.260. The van der Waals surface area contributed by atoms with Crippen molar-refractivity contribution < 1.29 is 19.1 Å². The maximum absolute atomic E-state index is 12.2. The van der Waals surface area contributed by atoms with Crippen LogP contribution in [0.1, 0.15) is 28.4 Å². The molecule has 1 amide bonds. The number of esters is 1. The number of ether oxygens (including phenoxy) is 2. The topological polar surface area (TPSA) is 64.6 Å². The highest BCUT2D eigenvalue weighted by molar-refractivity contribution is 5.94. The molecule has 2 aromatic rings. The number of amides is 1. The summed E-state index contributed by atoms with van der Waals surface area (Å²) in [5.74, 6) is -0.165. The molecule has 1 N–H and O–H groups in total. The molecule has 0 bridgehead atoms. The number of carbonyl (C=O) groups is 2. The van der Waals surface area contributed by atoms with E-state index in [1.54, 1.807) is 37.3 Å². The number of rotatable bonds is 4. The number of hydrogen-bond acceptors (Lipinski definition) is 4. The quantitative estimate of drug-likeness (QED) is 0.682. The fourth-order valence-corrected chi connectivity index (χ4v) is 2.19. The van der Waals surface area contributed by atoms with Gasteiger partial charge in [0.25, 0.3) is 0 Å². The molecular formula is C18H19NO4. The van der Waals surface area contributed by atoms with Crippen LogP contribution >= 0.6 is 0 Å². The second-order valence-electron chi connectivity index (χ2n) is 5.06. The van der Waals surface area contributed by atoms with E-state index in [4.69, 9.17) is 9.47 Å². The first-order chi connectivity index (χ1) is 11.0. The molecule has 0 aromatic heterocycles. The zero-order valence-corrected chi connectivity index (χ0v) is 13.4. The van der Waals surface area contributed by atoms with E-state index in [1.165, 1.54) is 0 Å². The first-order valence-corrected chi connectivity index (χ1v) is 7.33. The molecule has 0 aliphatic heterocycles. The number of hydrogen-bond donors (Lipinski definition) is 1. The van der Waals surface area contributed by atoms with Crippen LogP contribution in [0.4, 0.5) is 10.5 Å². The summed E-state index contributed by atoms with van der Waals surface area (Å²) in [4.78, 5) is 23.9. The normalized spacial score (nSPS) is 10.0. The molecule has 5 heteroatoms. The summed E-state index contributed by atoms with van der Waals surface area (Å²) >= 11 is 0. The number of aryl methyl sites for hydroxylation is 2. The molecule has 0 heterocycles. The van der Waals surface area contributed by atoms with Crippen LogP contribution in [0.3, 0.4) is 0 Å². The summed E-state index contributed by atoms with van der Waals surface area (Å²) in [7, 11) is 0. The molecule has 0 spiro atoms. The van der Waals surface area contributed by atoms with E-state index in [-0.39, 0.29) is 6.61 Å². The van der Waals surface area contributed by atoms with E-state index in [1.807, 2.05) is 26.0 Å². The maximum Gasteiger partial charge on any atom is 0.411 e. The third-order valence-electron chi connectivity index (χ3n) is 3.14. The van der Waals surface area contributed by atoms with Crippen LogP contribution in [0.5, 0.6) is 5.75 Å². The molecule has 2 rings (SSSR count). The highest BCUT2D eigenvalue weighted by atomic mass is 16.6. The van der Waals surface area contributed by atoms with Gasteiger partial charge in [-0.3, -0.25) is 5.32 Å². The van der Waals surface area contributed by atoms with Crippen molar-refractivity contribution >= 4 is 17.7 Å². The van der Waals surface area contributed by atoms with Gasteiger partial charge >= 0.3 is 12.1 Å². The van der Waals surface area contributed by atoms with Crippen LogP contribution in [0.2, 0.25) is 0 Å². The Balaban J connectivity index is 2.29. The van der Waals surface area contributed by atoms with E-state index in [0.717, 1.165) is 11.1 Å². The lowest BCUT2D eigenvalue weighted by atomic mass is 10.1. The zero-order valence-electron chi connectivity index (χ0n) is 13.4. The number of carbonyl (C=O) groups excluding carboxylic acids is 2. The summed E-state index contributed by atoms with van der Waals surface area (Å²) in [6.07, 6.45) is -0.588. The van der Waals surface area contributed by atoms with Crippen LogP contribution in [0.25, 0.3) is 0 Å². The Labute approximate surface area is 135 Å². The minimum Gasteiger partial charge on any atom is -0.450 e. The van der Waals surface area contributed by atoms with Gasteiger partial charge in [-0.2, -0.15) is 0 Å². The van der Waals surface area contributed by atoms with Gasteiger partial charge in [-0.1, -0.05) is 24.3 Å². The SMILES string of the molecule is CCOC(=O)Nc1cc(C)cc(C)c1OC(=O)c1ccccc1. The lowest BCUT2D eigenvalue weighted by molar-refractivity contribution is 0.0734. The minimum atomic E-state index is -0.588. The fourth-order valence-electron chi connectivity index (χ4n) is 2.19. The monoisotopic (exact) mass is 313 g/mol. The second-order valence-corrected chi connectivity index (χ2v) is 5.06. The van der Waals surface area contributed by atoms with Crippen molar-refractivity contribution in [2.24, 2.45) is 0 Å². The molecule has 0 aliphatic rings. The molecule has 0 atom stereocenters. The highest BCUT2D eigenvalue weighted by Gasteiger charge is 2.16. The van der Waals surface area contributed by atoms with Crippen molar-refractivity contribution in [3.63, 3.8) is 0 Å². The third-order valence-corrected chi connectivity index (χ3v) is 3.14. The molecule has 5 nitrogen and oxygen atoms in total. The molecule has 0 unspecified atom stereocenters. The van der Waals surface area contributed by atoms with Crippen LogP contribution in [-0.4, -0.2) is 18.7 Å². The Hall–Kier alpha value is -2.82. The standard InChI is InChI=1S/C18H19NO4/c1-4-22-18(21)19-15-11-12(2)10-13(3)16(15)23-17(20)14-8-6-5-7-9-14/h5-11H,4H2,1-3H3,(H,19,21). The van der Waals surface area contributed by atoms with Gasteiger partial charge < -0.3 is 9.47 Å². The average Bonchev–Trinajstić information content (AvgIpc) is 2.51. The molecule has 2 aromatic carbocycles. The maximum atomic E-state index is 12.2. The first kappa shape index (κ1) is 16.5. The van der Waals surface area contributed by atoms with Gasteiger partial charge in [-0.25, -0.2) is 9.59 Å². The Morgan fingerprint density at radius 3 is 2.43 bits per heavy atom. The molecule has 120 valence electrons. The van der Waals surface area contributed by atoms with E-state index < -0.39 is 12.1 Å². The molecule has 0 saturated carbocycles. The average molecular weight is 313 g/mol. The number of benzene rings is 2. The predicted molar refractivity (Wildman–Crippen MR) is 88.0 cm³/mol. The van der Waals surface area contributed by atoms with Gasteiger partial charge in [-0.15, -0.1) is 0 Å². The van der Waals surface area contributed by atoms with Gasteiger partial charge in [0.2, 0.25) is 0 Å². The van der Waals surface area contributed by atoms with Crippen molar-refractivity contribution in [3.8, 4) is 5.75 Å². The molecule has 0 saturated heterocycles. The number of nitrogens with one attached hydrogen (secondary N) is 1. The summed E-state index contributed by atoms with van der Waals surface area (Å²) in [5.41, 5.74) is 2.54. The predicted octanol–water partition coefficient (Wildman–Crippen LogP) is 4.09. The van der Waals surface area contributed by atoms with Gasteiger partial charge in [0.05, 0.1) is 17.9 Å². The molecule has 0 radical (unpaired) electrons. The van der Waals surface area contributed by atoms with Crippen LogP contribution in [0, 0.1) is 13.8 Å². The lowest BCUT2D eigenvalue weighted by Crippen LogP contribution is -2.16. The van der Waals surface area contributed by atoms with Crippen LogP contribution < -0.4 is 10.1 Å². The largest absolute Gasteiger partial charge is 0.450 e. The lowest BCUT2D eigenvalue weighted by Gasteiger charge is -2.15. The molecular weight excluding hydrogens is 294 g/mol. The van der Waals surface area contributed by atoms with Crippen molar-refractivity contribution in [1.29, 1.82) is 0 Å². The highest BCUT2D eigenvalue weighted by Crippen LogP contribution is 2.31. The summed E-state index contributed by atoms with van der Waals surface area (Å²) in [6, 6.07) is 12.3. The number of anilines is 1. The van der Waals surface area contributed by atoms with E-state index in [0.29, 0.717) is 17.0 Å². The smallest absolute Gasteiger partial charge is 0.411 e.